The van der Waals surface area contributed by atoms with Gasteiger partial charge in [-0.3, -0.25) is 4.57 Å². The summed E-state index contributed by atoms with van der Waals surface area (Å²) in [4.78, 5) is 20.4. The highest BCUT2D eigenvalue weighted by molar-refractivity contribution is 6.11. The fraction of sp³-hybridized carbons (Fsp3) is 0.180. The van der Waals surface area contributed by atoms with Crippen LogP contribution in [0.4, 0.5) is 5.69 Å². The van der Waals surface area contributed by atoms with Crippen LogP contribution in [0.1, 0.15) is 52.7 Å². The third kappa shape index (κ3) is 6.99. The normalized spacial score (nSPS) is 12.9. The van der Waals surface area contributed by atoms with Crippen LogP contribution in [0.5, 0.6) is 11.5 Å². The van der Waals surface area contributed by atoms with Crippen molar-refractivity contribution >= 4 is 33.5 Å². The number of pyridine rings is 1. The molecule has 4 heterocycles. The minimum atomic E-state index is 0.00715. The van der Waals surface area contributed by atoms with Gasteiger partial charge in [-0.05, 0) is 52.3 Å². The van der Waals surface area contributed by atoms with E-state index in [1.807, 2.05) is 77.3 Å². The predicted molar refractivity (Wildman–Crippen MR) is 232 cm³/mol. The summed E-state index contributed by atoms with van der Waals surface area (Å²) < 4.78 is 13.0. The first-order valence-corrected chi connectivity index (χ1v) is 19.6. The monoisotopic (exact) mass is 759 g/mol. The molecule has 9 rings (SSSR count). The Hall–Kier alpha value is -7.02. The Morgan fingerprint density at radius 2 is 1.22 bits per heavy atom. The van der Waals surface area contributed by atoms with Crippen molar-refractivity contribution < 1.29 is 13.9 Å². The highest BCUT2D eigenvalue weighted by Gasteiger charge is 2.24. The molecular weight excluding hydrogens is 715 g/mol. The molecule has 0 unspecified atom stereocenters. The zero-order valence-electron chi connectivity index (χ0n) is 33.9. The number of nitrogens with zero attached hydrogens (tertiary/aromatic N) is 7. The summed E-state index contributed by atoms with van der Waals surface area (Å²) in [5.41, 5.74) is 7.95. The van der Waals surface area contributed by atoms with Crippen molar-refractivity contribution in [2.24, 2.45) is 0 Å². The molecule has 0 aliphatic carbocycles. The SMILES string of the molecule is C[N+]1=C=[N+](c2cccc(Oc3cc4c(cc3-c3nc(-c5ccc(C(C)(C)C)cc5)nc(-c5ccc(C(C)(C)C)cc5)n3)c3ccccc3n4-c3ccccn3)c2)C=C1. The summed E-state index contributed by atoms with van der Waals surface area (Å²) in [6.07, 6.45) is 5.75. The summed E-state index contributed by atoms with van der Waals surface area (Å²) in [5, 5.41) is 2.11. The highest BCUT2D eigenvalue weighted by Crippen LogP contribution is 2.42. The second-order valence-electron chi connectivity index (χ2n) is 16.8. The van der Waals surface area contributed by atoms with E-state index in [0.717, 1.165) is 50.0 Å². The Kier molecular flexibility index (Phi) is 8.95. The van der Waals surface area contributed by atoms with Crippen LogP contribution >= 0.6 is 0 Å². The Labute approximate surface area is 338 Å². The third-order valence-electron chi connectivity index (χ3n) is 10.6. The maximum atomic E-state index is 6.96. The van der Waals surface area contributed by atoms with Gasteiger partial charge in [0.05, 0.1) is 22.7 Å². The van der Waals surface area contributed by atoms with Gasteiger partial charge >= 0.3 is 6.01 Å². The van der Waals surface area contributed by atoms with Gasteiger partial charge in [-0.2, -0.15) is 0 Å². The lowest BCUT2D eigenvalue weighted by Crippen LogP contribution is -2.11. The van der Waals surface area contributed by atoms with Gasteiger partial charge in [0.1, 0.15) is 17.3 Å². The van der Waals surface area contributed by atoms with E-state index in [0.29, 0.717) is 29.0 Å². The average molecular weight is 760 g/mol. The van der Waals surface area contributed by atoms with Crippen molar-refractivity contribution in [3.05, 3.63) is 157 Å². The molecule has 284 valence electrons. The highest BCUT2D eigenvalue weighted by atomic mass is 16.5. The first-order chi connectivity index (χ1) is 27.9. The van der Waals surface area contributed by atoms with E-state index in [2.05, 4.69) is 137 Å². The number of hydrogen-bond donors (Lipinski definition) is 0. The number of fused-ring (bicyclic) bond motifs is 3. The van der Waals surface area contributed by atoms with Gasteiger partial charge in [-0.25, -0.2) is 19.9 Å². The molecule has 8 heteroatoms. The van der Waals surface area contributed by atoms with Gasteiger partial charge in [0, 0.05) is 40.2 Å². The number of ether oxygens (including phenoxy) is 1. The molecule has 0 N–H and O–H groups in total. The van der Waals surface area contributed by atoms with Crippen molar-refractivity contribution in [3.63, 3.8) is 0 Å². The fourth-order valence-corrected chi connectivity index (χ4v) is 7.35. The van der Waals surface area contributed by atoms with Crippen LogP contribution in [0.15, 0.2) is 146 Å². The Morgan fingerprint density at radius 1 is 0.586 bits per heavy atom. The van der Waals surface area contributed by atoms with E-state index in [1.54, 1.807) is 0 Å². The molecule has 0 atom stereocenters. The summed E-state index contributed by atoms with van der Waals surface area (Å²) in [6.45, 7) is 13.3. The maximum absolute atomic E-state index is 6.96. The number of hydrogen-bond acceptors (Lipinski definition) is 5. The second kappa shape index (κ2) is 14.2. The topological polar surface area (TPSA) is 71.7 Å². The van der Waals surface area contributed by atoms with Crippen LogP contribution in [0.25, 0.3) is 61.8 Å². The second-order valence-corrected chi connectivity index (χ2v) is 16.8. The van der Waals surface area contributed by atoms with Gasteiger partial charge in [-0.1, -0.05) is 130 Å². The smallest absolute Gasteiger partial charge is 0.456 e. The van der Waals surface area contributed by atoms with E-state index in [4.69, 9.17) is 24.7 Å². The number of rotatable bonds is 7. The number of benzene rings is 5. The van der Waals surface area contributed by atoms with E-state index in [1.165, 1.54) is 11.1 Å². The summed E-state index contributed by atoms with van der Waals surface area (Å²) in [7, 11) is 1.95. The lowest BCUT2D eigenvalue weighted by Gasteiger charge is -2.19. The van der Waals surface area contributed by atoms with Crippen LogP contribution in [-0.2, 0) is 10.8 Å². The Bertz CT molecular complexity index is 2880. The van der Waals surface area contributed by atoms with Gasteiger partial charge in [-0.15, -0.1) is 0 Å². The molecule has 0 bridgehead atoms. The zero-order chi connectivity index (χ0) is 40.2. The van der Waals surface area contributed by atoms with E-state index in [-0.39, 0.29) is 10.8 Å². The van der Waals surface area contributed by atoms with Crippen molar-refractivity contribution in [1.29, 1.82) is 0 Å². The van der Waals surface area contributed by atoms with Crippen molar-refractivity contribution in [1.82, 2.24) is 24.5 Å². The molecule has 58 heavy (non-hydrogen) atoms. The Morgan fingerprint density at radius 3 is 1.83 bits per heavy atom. The van der Waals surface area contributed by atoms with Crippen molar-refractivity contribution in [2.75, 3.05) is 7.05 Å². The zero-order valence-corrected chi connectivity index (χ0v) is 33.9. The number of aromatic nitrogens is 5. The summed E-state index contributed by atoms with van der Waals surface area (Å²) in [5.74, 6) is 3.75. The molecule has 5 aromatic carbocycles. The molecule has 0 fully saturated rings. The maximum Gasteiger partial charge on any atom is 0.495 e. The molecular formula is C50H45N7O+2. The number of para-hydroxylation sites is 1. The van der Waals surface area contributed by atoms with E-state index >= 15 is 0 Å². The largest absolute Gasteiger partial charge is 0.495 e. The van der Waals surface area contributed by atoms with E-state index in [9.17, 15) is 0 Å². The third-order valence-corrected chi connectivity index (χ3v) is 10.6. The minimum absolute atomic E-state index is 0.00715. The molecule has 8 nitrogen and oxygen atoms in total. The van der Waals surface area contributed by atoms with Gasteiger partial charge in [0.15, 0.2) is 24.5 Å². The van der Waals surface area contributed by atoms with Crippen molar-refractivity contribution in [3.8, 4) is 51.5 Å². The lowest BCUT2D eigenvalue weighted by atomic mass is 9.86. The summed E-state index contributed by atoms with van der Waals surface area (Å²) in [6, 6.07) is 47.0. The van der Waals surface area contributed by atoms with Crippen LogP contribution in [0, 0.1) is 0 Å². The molecule has 0 spiro atoms. The average Bonchev–Trinajstić information content (AvgIpc) is 3.81. The van der Waals surface area contributed by atoms with Crippen molar-refractivity contribution in [2.45, 2.75) is 52.4 Å². The van der Waals surface area contributed by atoms with Crippen LogP contribution in [-0.4, -0.2) is 46.7 Å². The molecule has 8 aromatic rings. The summed E-state index contributed by atoms with van der Waals surface area (Å²) >= 11 is 0. The lowest BCUT2D eigenvalue weighted by molar-refractivity contribution is -0.429. The molecule has 1 aliphatic heterocycles. The van der Waals surface area contributed by atoms with Gasteiger partial charge in [0.2, 0.25) is 11.9 Å². The fourth-order valence-electron chi connectivity index (χ4n) is 7.35. The van der Waals surface area contributed by atoms with Gasteiger partial charge in [0.25, 0.3) is 6.20 Å². The molecule has 0 amide bonds. The Balaban J connectivity index is 1.29. The van der Waals surface area contributed by atoms with Crippen LogP contribution in [0.3, 0.4) is 0 Å². The molecule has 0 radical (unpaired) electrons. The van der Waals surface area contributed by atoms with Gasteiger partial charge < -0.3 is 4.74 Å². The molecule has 1 aliphatic rings. The first-order valence-electron chi connectivity index (χ1n) is 19.6. The van der Waals surface area contributed by atoms with Crippen LogP contribution < -0.4 is 4.74 Å². The molecule has 0 saturated carbocycles. The van der Waals surface area contributed by atoms with Crippen LogP contribution in [0.2, 0.25) is 0 Å². The quantitative estimate of drug-likeness (QED) is 0.151. The predicted octanol–water partition coefficient (Wildman–Crippen LogP) is 11.7. The minimum Gasteiger partial charge on any atom is -0.456 e. The molecule has 0 saturated heterocycles. The standard InChI is InChI=1S/C50H45N7O/c1-49(2,3)35-22-18-33(19-23-35)46-52-47(34-20-24-36(25-21-34)50(4,5)6)54-48(53-46)41-30-40-39-15-8-9-16-42(39)57(45-17-10-11-26-51-45)43(40)31-44(41)58-38-14-12-13-37(29-38)56-28-27-55(7)32-56/h8-31H,1-7H3/q+2. The van der Waals surface area contributed by atoms with E-state index < -0.39 is 0 Å². The first kappa shape index (κ1) is 36.6. The molecule has 3 aromatic heterocycles.